The molecule has 1 saturated heterocycles. The third-order valence-electron chi connectivity index (χ3n) is 17.2. The van der Waals surface area contributed by atoms with Crippen LogP contribution in [-0.2, 0) is 45.4 Å². The number of carbonyl (C=O) groups is 8. The molecule has 8 heterocycles. The van der Waals surface area contributed by atoms with Crippen LogP contribution in [0.15, 0.2) is 201 Å². The highest BCUT2D eigenvalue weighted by atomic mass is 16.7. The van der Waals surface area contributed by atoms with Crippen LogP contribution in [-0.4, -0.2) is 172 Å². The lowest BCUT2D eigenvalue weighted by molar-refractivity contribution is -0.126. The normalized spacial score (nSPS) is 16.3. The first-order chi connectivity index (χ1) is 52.7. The van der Waals surface area contributed by atoms with Gasteiger partial charge in [-0.1, -0.05) is 133 Å². The number of pyridine rings is 4. The zero-order valence-corrected chi connectivity index (χ0v) is 60.4. The van der Waals surface area contributed by atoms with Crippen LogP contribution in [0.1, 0.15) is 131 Å². The number of nitrogens with one attached hydrogen (secondary N) is 6. The van der Waals surface area contributed by atoms with Gasteiger partial charge in [0.15, 0.2) is 0 Å². The third-order valence-corrected chi connectivity index (χ3v) is 17.2. The summed E-state index contributed by atoms with van der Waals surface area (Å²) in [6, 6.07) is 44.1. The highest BCUT2D eigenvalue weighted by Crippen LogP contribution is 2.19. The van der Waals surface area contributed by atoms with Crippen molar-refractivity contribution in [2.75, 3.05) is 72.2 Å². The topological polar surface area (TPSA) is 368 Å². The van der Waals surface area contributed by atoms with Crippen molar-refractivity contribution >= 4 is 47.4 Å². The number of hydrogen-bond acceptors (Lipinski definition) is 19. The molecule has 12 rings (SSSR count). The molecule has 0 saturated carbocycles. The lowest BCUT2D eigenvalue weighted by atomic mass is 10.1. The molecule has 4 bridgehead atoms. The highest BCUT2D eigenvalue weighted by molar-refractivity contribution is 5.99. The van der Waals surface area contributed by atoms with E-state index in [1.54, 1.807) is 142 Å². The molecule has 0 radical (unpaired) electrons. The summed E-state index contributed by atoms with van der Waals surface area (Å²) in [4.78, 5) is 200. The molecular weight excluding hydrogens is 1410 g/mol. The fourth-order valence-electron chi connectivity index (χ4n) is 11.7. The van der Waals surface area contributed by atoms with E-state index in [4.69, 9.17) is 33.6 Å². The van der Waals surface area contributed by atoms with Crippen LogP contribution in [0.4, 0.5) is 4.79 Å². The Hall–Kier alpha value is -12.6. The largest absolute Gasteiger partial charge is 0.444 e. The van der Waals surface area contributed by atoms with E-state index in [0.717, 1.165) is 21.6 Å². The minimum absolute atomic E-state index is 0.000352. The Morgan fingerprint density at radius 3 is 1.32 bits per heavy atom. The maximum Gasteiger partial charge on any atom is 0.407 e. The summed E-state index contributed by atoms with van der Waals surface area (Å²) in [6.07, 6.45) is -1.11. The molecule has 572 valence electrons. The van der Waals surface area contributed by atoms with Crippen LogP contribution in [0.2, 0.25) is 0 Å². The van der Waals surface area contributed by atoms with E-state index in [2.05, 4.69) is 31.9 Å². The number of amides is 8. The van der Waals surface area contributed by atoms with Gasteiger partial charge in [-0.15, -0.1) is 18.9 Å². The van der Waals surface area contributed by atoms with E-state index in [0.29, 0.717) is 31.7 Å². The van der Waals surface area contributed by atoms with Crippen LogP contribution in [0.25, 0.3) is 0 Å². The van der Waals surface area contributed by atoms with Crippen LogP contribution < -0.4 is 73.5 Å². The fraction of sp³-hybridized carbons (Fsp3) is 0.333. The zero-order chi connectivity index (χ0) is 77.2. The Morgan fingerprint density at radius 1 is 0.459 bits per heavy atom. The van der Waals surface area contributed by atoms with Crippen molar-refractivity contribution in [2.45, 2.75) is 96.6 Å². The van der Waals surface area contributed by atoms with Gasteiger partial charge in [-0.25, -0.2) is 4.79 Å². The Labute approximate surface area is 625 Å². The number of ether oxygens (including phenoxy) is 3. The van der Waals surface area contributed by atoms with Gasteiger partial charge in [-0.2, -0.15) is 0 Å². The first-order valence-electron chi connectivity index (χ1n) is 35.5. The summed E-state index contributed by atoms with van der Waals surface area (Å²) in [5.41, 5.74) is -3.92. The maximum absolute atomic E-state index is 15.7. The molecule has 4 aliphatic heterocycles. The van der Waals surface area contributed by atoms with E-state index >= 15 is 14.4 Å². The second-order valence-corrected chi connectivity index (χ2v) is 26.3. The second-order valence-electron chi connectivity index (χ2n) is 26.3. The van der Waals surface area contributed by atoms with Crippen molar-refractivity contribution in [2.24, 2.45) is 0 Å². The van der Waals surface area contributed by atoms with Crippen LogP contribution >= 0.6 is 0 Å². The van der Waals surface area contributed by atoms with Crippen molar-refractivity contribution < 1.29 is 71.9 Å². The number of aromatic nitrogens is 4. The number of hydrogen-bond donors (Lipinski definition) is 6. The molecule has 3 atom stereocenters. The minimum atomic E-state index is -1.48. The molecule has 4 aromatic carbocycles. The summed E-state index contributed by atoms with van der Waals surface area (Å²) in [5.74, 6) is -5.94. The van der Waals surface area contributed by atoms with Crippen LogP contribution in [0.5, 0.6) is 0 Å². The number of fused-ring (bicyclic) bond motifs is 2. The molecule has 1 unspecified atom stereocenters. The molecule has 31 heteroatoms. The quantitative estimate of drug-likeness (QED) is 0.0563. The van der Waals surface area contributed by atoms with E-state index in [-0.39, 0.29) is 147 Å². The van der Waals surface area contributed by atoms with Gasteiger partial charge in [0.1, 0.15) is 72.0 Å². The van der Waals surface area contributed by atoms with Crippen molar-refractivity contribution in [3.63, 3.8) is 0 Å². The SMILES string of the molecule is CC(C)(C)OC(=O)NCCOCCNC(=O)C1CCCN(C(=O)c2cccc(=O)n2OCc2ccccc2)CCCNC(=O)c2ccc(n(OCc3ccccc3)c2=O)C(=O)N[C@@H]2COC[C@@H]2NC(=O)c2ccc(c(=O)n2OCc2ccccc2)C(=O)NCCCN1C(=O)c1cccc(=O)n1OCc1ccccc1. The molecule has 31 nitrogen and oxygen atoms in total. The summed E-state index contributed by atoms with van der Waals surface area (Å²) >= 11 is 0. The van der Waals surface area contributed by atoms with E-state index in [9.17, 15) is 43.2 Å². The first kappa shape index (κ1) is 78.9. The Balaban J connectivity index is 1.02. The van der Waals surface area contributed by atoms with E-state index in [1.165, 1.54) is 58.3 Å². The molecule has 109 heavy (non-hydrogen) atoms. The fourth-order valence-corrected chi connectivity index (χ4v) is 11.7. The van der Waals surface area contributed by atoms with Crippen LogP contribution in [0, 0.1) is 0 Å². The third kappa shape index (κ3) is 22.0. The number of nitrogens with zero attached hydrogens (tertiary/aromatic N) is 6. The average molecular weight is 1500 g/mol. The molecule has 1 fully saturated rings. The molecule has 6 N–H and O–H groups in total. The van der Waals surface area contributed by atoms with Gasteiger partial charge in [0.2, 0.25) is 5.91 Å². The maximum atomic E-state index is 15.7. The number of alkyl carbamates (subject to hydrolysis) is 1. The zero-order valence-electron chi connectivity index (χ0n) is 60.4. The van der Waals surface area contributed by atoms with Gasteiger partial charge < -0.3 is 75.3 Å². The van der Waals surface area contributed by atoms with Gasteiger partial charge in [-0.05, 0) is 105 Å². The van der Waals surface area contributed by atoms with Crippen molar-refractivity contribution in [3.05, 3.63) is 280 Å². The Morgan fingerprint density at radius 2 is 0.872 bits per heavy atom. The minimum Gasteiger partial charge on any atom is -0.444 e. The number of rotatable bonds is 21. The lowest BCUT2D eigenvalue weighted by Gasteiger charge is -2.32. The van der Waals surface area contributed by atoms with Crippen molar-refractivity contribution in [1.82, 2.24) is 60.6 Å². The van der Waals surface area contributed by atoms with Crippen molar-refractivity contribution in [1.29, 1.82) is 0 Å². The van der Waals surface area contributed by atoms with Crippen molar-refractivity contribution in [3.8, 4) is 0 Å². The summed E-state index contributed by atoms with van der Waals surface area (Å²) in [5, 5.41) is 16.5. The number of carbonyl (C=O) groups excluding carboxylic acids is 8. The lowest BCUT2D eigenvalue weighted by Crippen LogP contribution is -2.52. The Bertz CT molecular complexity index is 4740. The number of benzene rings is 4. The molecule has 4 aromatic heterocycles. The summed E-state index contributed by atoms with van der Waals surface area (Å²) in [6.45, 7) is 2.75. The van der Waals surface area contributed by atoms with E-state index < -0.39 is 105 Å². The molecule has 0 spiro atoms. The first-order valence-corrected chi connectivity index (χ1v) is 35.5. The second kappa shape index (κ2) is 38.6. The van der Waals surface area contributed by atoms with Gasteiger partial charge in [0, 0.05) is 57.9 Å². The summed E-state index contributed by atoms with van der Waals surface area (Å²) < 4.78 is 19.9. The predicted molar refractivity (Wildman–Crippen MR) is 395 cm³/mol. The smallest absolute Gasteiger partial charge is 0.407 e. The molecular formula is C78H86N12O19. The Kier molecular flexibility index (Phi) is 27.9. The van der Waals surface area contributed by atoms with Gasteiger partial charge in [0.25, 0.3) is 57.7 Å². The van der Waals surface area contributed by atoms with Crippen LogP contribution in [0.3, 0.4) is 0 Å². The standard InChI is InChI=1S/C78H86N12O19/c1-78(2,3)109-77(102)82-41-46-103-45-40-81-70(95)61-31-18-42-85(75(100)64-29-16-32-66(91)87(64)105-47-53-21-8-4-9-22-53)43-19-38-79-68(93)57-34-36-62(89(73(57)98)107-49-55-25-12-6-13-26-55)71(96)83-59-51-104-52-60(59)84-72(97)63-37-35-58(74(99)90(63)108-50-56-27-14-7-15-28-56)69(94)80-39-20-44-86(61)76(101)65-30-17-33-67(92)88(65)106-48-54-23-10-5-11-24-54/h4-17,21-30,32-37,59-61H,18-20,31,38-52H2,1-3H3,(H,79,93)(H,80,94)(H,81,95)(H,82,102)(H,83,96)(H,84,97)/t59-,60+,61?/m1/s1. The molecule has 8 aromatic rings. The predicted octanol–water partition coefficient (Wildman–Crippen LogP) is 3.12. The molecule has 0 aliphatic carbocycles. The monoisotopic (exact) mass is 1490 g/mol. The van der Waals surface area contributed by atoms with Gasteiger partial charge in [0.05, 0.1) is 38.5 Å². The average Bonchev–Trinajstić information content (AvgIpc) is 1.57. The molecule has 8 amide bonds. The highest BCUT2D eigenvalue weighted by Gasteiger charge is 2.36. The van der Waals surface area contributed by atoms with Gasteiger partial charge in [-0.3, -0.25) is 52.7 Å². The van der Waals surface area contributed by atoms with E-state index in [1.807, 2.05) is 0 Å². The molecule has 4 aliphatic rings. The summed E-state index contributed by atoms with van der Waals surface area (Å²) in [7, 11) is 0. The van der Waals surface area contributed by atoms with Gasteiger partial charge >= 0.3 is 6.09 Å².